The Morgan fingerprint density at radius 2 is 1.83 bits per heavy atom. The summed E-state index contributed by atoms with van der Waals surface area (Å²) >= 11 is 0. The smallest absolute Gasteiger partial charge is 0.315 e. The first-order valence-electron chi connectivity index (χ1n) is 9.26. The highest BCUT2D eigenvalue weighted by Crippen LogP contribution is 2.42. The lowest BCUT2D eigenvalue weighted by molar-refractivity contribution is -0.142. The molecule has 24 heavy (non-hydrogen) atoms. The van der Waals surface area contributed by atoms with E-state index in [1.54, 1.807) is 0 Å². The first-order valence-corrected chi connectivity index (χ1v) is 9.26. The lowest BCUT2D eigenvalue weighted by Crippen LogP contribution is -2.63. The molecular formula is C18H32N2O4. The van der Waals surface area contributed by atoms with Gasteiger partial charge in [0.25, 0.3) is 0 Å². The molecular weight excluding hydrogens is 308 g/mol. The monoisotopic (exact) mass is 340 g/mol. The molecule has 6 heteroatoms. The van der Waals surface area contributed by atoms with Crippen LogP contribution < -0.4 is 10.6 Å². The maximum absolute atomic E-state index is 12.2. The first-order chi connectivity index (χ1) is 11.3. The lowest BCUT2D eigenvalue weighted by atomic mass is 9.64. The number of ether oxygens (including phenoxy) is 1. The minimum Gasteiger partial charge on any atom is -0.481 e. The van der Waals surface area contributed by atoms with E-state index in [-0.39, 0.29) is 35.6 Å². The molecule has 0 aromatic heterocycles. The van der Waals surface area contributed by atoms with E-state index in [0.717, 1.165) is 38.7 Å². The molecule has 0 heterocycles. The van der Waals surface area contributed by atoms with Crippen molar-refractivity contribution < 1.29 is 19.4 Å². The summed E-state index contributed by atoms with van der Waals surface area (Å²) in [5.41, 5.74) is -0.0496. The van der Waals surface area contributed by atoms with Crippen molar-refractivity contribution in [1.82, 2.24) is 10.6 Å². The Labute approximate surface area is 144 Å². The van der Waals surface area contributed by atoms with E-state index < -0.39 is 5.97 Å². The average molecular weight is 340 g/mol. The van der Waals surface area contributed by atoms with Gasteiger partial charge in [-0.05, 0) is 38.5 Å². The Morgan fingerprint density at radius 3 is 2.38 bits per heavy atom. The molecule has 2 amide bonds. The van der Waals surface area contributed by atoms with Gasteiger partial charge in [0.1, 0.15) is 0 Å². The number of rotatable bonds is 7. The van der Waals surface area contributed by atoms with E-state index in [1.807, 2.05) is 0 Å². The van der Waals surface area contributed by atoms with Gasteiger partial charge < -0.3 is 20.5 Å². The normalized spacial score (nSPS) is 31.8. The highest BCUT2D eigenvalue weighted by Gasteiger charge is 2.49. The van der Waals surface area contributed by atoms with Crippen LogP contribution in [0.1, 0.15) is 65.7 Å². The summed E-state index contributed by atoms with van der Waals surface area (Å²) < 4.78 is 5.90. The number of carbonyl (C=O) groups is 2. The van der Waals surface area contributed by atoms with Crippen LogP contribution in [0.2, 0.25) is 0 Å². The Balaban J connectivity index is 1.69. The van der Waals surface area contributed by atoms with Gasteiger partial charge in [-0.25, -0.2) is 4.79 Å². The van der Waals surface area contributed by atoms with E-state index in [1.165, 1.54) is 0 Å². The number of aliphatic carboxylic acids is 1. The third-order valence-corrected chi connectivity index (χ3v) is 5.71. The maximum atomic E-state index is 12.2. The molecule has 0 aliphatic heterocycles. The summed E-state index contributed by atoms with van der Waals surface area (Å²) in [6, 6.07) is 0.0683. The van der Waals surface area contributed by atoms with Crippen molar-refractivity contribution in [3.63, 3.8) is 0 Å². The standard InChI is InChI=1S/C18H32N2O4/c1-4-5-10-24-15-11-14(18(15,2)3)20-17(23)19-13-8-6-12(7-9-13)16(21)22/h12-15H,4-11H2,1-3H3,(H,21,22)(H2,19,20,23). The van der Waals surface area contributed by atoms with Gasteiger partial charge in [-0.1, -0.05) is 27.2 Å². The molecule has 2 rings (SSSR count). The fourth-order valence-electron chi connectivity index (χ4n) is 3.65. The molecule has 2 saturated carbocycles. The van der Waals surface area contributed by atoms with Crippen molar-refractivity contribution in [2.75, 3.05) is 6.61 Å². The van der Waals surface area contributed by atoms with Crippen molar-refractivity contribution in [1.29, 1.82) is 0 Å². The number of carbonyl (C=O) groups excluding carboxylic acids is 1. The van der Waals surface area contributed by atoms with Crippen molar-refractivity contribution in [2.45, 2.75) is 83.9 Å². The van der Waals surface area contributed by atoms with Crippen LogP contribution in [-0.2, 0) is 9.53 Å². The van der Waals surface area contributed by atoms with Gasteiger partial charge in [-0.3, -0.25) is 4.79 Å². The zero-order chi connectivity index (χ0) is 17.7. The summed E-state index contributed by atoms with van der Waals surface area (Å²) in [6.07, 6.45) is 6.02. The lowest BCUT2D eigenvalue weighted by Gasteiger charge is -2.51. The molecule has 2 aliphatic carbocycles. The number of amides is 2. The van der Waals surface area contributed by atoms with Crippen LogP contribution in [-0.4, -0.2) is 41.9 Å². The van der Waals surface area contributed by atoms with Gasteiger partial charge in [-0.2, -0.15) is 0 Å². The molecule has 3 N–H and O–H groups in total. The van der Waals surface area contributed by atoms with Crippen LogP contribution >= 0.6 is 0 Å². The van der Waals surface area contributed by atoms with E-state index >= 15 is 0 Å². The summed E-state index contributed by atoms with van der Waals surface area (Å²) in [7, 11) is 0. The SMILES string of the molecule is CCCCOC1CC(NC(=O)NC2CCC(C(=O)O)CC2)C1(C)C. The van der Waals surface area contributed by atoms with Crippen molar-refractivity contribution in [3.8, 4) is 0 Å². The molecule has 0 bridgehead atoms. The van der Waals surface area contributed by atoms with E-state index in [4.69, 9.17) is 9.84 Å². The number of unbranched alkanes of at least 4 members (excludes halogenated alkanes) is 1. The van der Waals surface area contributed by atoms with Gasteiger partial charge >= 0.3 is 12.0 Å². The topological polar surface area (TPSA) is 87.7 Å². The Bertz CT molecular complexity index is 444. The number of carboxylic acids is 1. The minimum atomic E-state index is -0.719. The van der Waals surface area contributed by atoms with Crippen molar-refractivity contribution in [2.24, 2.45) is 11.3 Å². The number of carboxylic acid groups (broad SMARTS) is 1. The second-order valence-corrected chi connectivity index (χ2v) is 7.83. The van der Waals surface area contributed by atoms with Crippen LogP contribution in [0.25, 0.3) is 0 Å². The van der Waals surface area contributed by atoms with Gasteiger partial charge in [0, 0.05) is 24.1 Å². The fourth-order valence-corrected chi connectivity index (χ4v) is 3.65. The van der Waals surface area contributed by atoms with E-state index in [0.29, 0.717) is 12.8 Å². The molecule has 138 valence electrons. The Hall–Kier alpha value is -1.30. The van der Waals surface area contributed by atoms with Crippen molar-refractivity contribution in [3.05, 3.63) is 0 Å². The highest BCUT2D eigenvalue weighted by atomic mass is 16.5. The third kappa shape index (κ3) is 4.62. The predicted octanol–water partition coefficient (Wildman–Crippen LogP) is 2.91. The van der Waals surface area contributed by atoms with Crippen LogP contribution in [0.15, 0.2) is 0 Å². The maximum Gasteiger partial charge on any atom is 0.315 e. The molecule has 0 aromatic carbocycles. The number of nitrogens with one attached hydrogen (secondary N) is 2. The third-order valence-electron chi connectivity index (χ3n) is 5.71. The quantitative estimate of drug-likeness (QED) is 0.622. The molecule has 2 unspecified atom stereocenters. The molecule has 0 radical (unpaired) electrons. The molecule has 2 atom stereocenters. The fraction of sp³-hybridized carbons (Fsp3) is 0.889. The predicted molar refractivity (Wildman–Crippen MR) is 91.9 cm³/mol. The number of urea groups is 1. The number of hydrogen-bond donors (Lipinski definition) is 3. The van der Waals surface area contributed by atoms with Crippen LogP contribution in [0.5, 0.6) is 0 Å². The van der Waals surface area contributed by atoms with Crippen molar-refractivity contribution >= 4 is 12.0 Å². The zero-order valence-corrected chi connectivity index (χ0v) is 15.1. The summed E-state index contributed by atoms with van der Waals surface area (Å²) in [5, 5.41) is 15.1. The molecule has 6 nitrogen and oxygen atoms in total. The zero-order valence-electron chi connectivity index (χ0n) is 15.1. The molecule has 0 spiro atoms. The van der Waals surface area contributed by atoms with E-state index in [9.17, 15) is 9.59 Å². The van der Waals surface area contributed by atoms with E-state index in [2.05, 4.69) is 31.4 Å². The molecule has 0 aromatic rings. The van der Waals surface area contributed by atoms with Gasteiger partial charge in [0.05, 0.1) is 12.0 Å². The van der Waals surface area contributed by atoms with Crippen LogP contribution in [0.4, 0.5) is 4.79 Å². The van der Waals surface area contributed by atoms with Crippen LogP contribution in [0, 0.1) is 11.3 Å². The number of hydrogen-bond acceptors (Lipinski definition) is 3. The summed E-state index contributed by atoms with van der Waals surface area (Å²) in [5.74, 6) is -0.971. The average Bonchev–Trinajstić information content (AvgIpc) is 2.53. The summed E-state index contributed by atoms with van der Waals surface area (Å²) in [4.78, 5) is 23.2. The molecule has 2 aliphatic rings. The molecule has 0 saturated heterocycles. The second-order valence-electron chi connectivity index (χ2n) is 7.83. The summed E-state index contributed by atoms with van der Waals surface area (Å²) in [6.45, 7) is 7.20. The van der Waals surface area contributed by atoms with Gasteiger partial charge in [-0.15, -0.1) is 0 Å². The van der Waals surface area contributed by atoms with Gasteiger partial charge in [0.15, 0.2) is 0 Å². The molecule has 2 fully saturated rings. The highest BCUT2D eigenvalue weighted by molar-refractivity contribution is 5.75. The Kier molecular flexibility index (Phi) is 6.49. The minimum absolute atomic E-state index is 0.0496. The second kappa shape index (κ2) is 8.19. The first kappa shape index (κ1) is 19.0. The Morgan fingerprint density at radius 1 is 1.17 bits per heavy atom. The van der Waals surface area contributed by atoms with Crippen LogP contribution in [0.3, 0.4) is 0 Å². The van der Waals surface area contributed by atoms with Gasteiger partial charge in [0.2, 0.25) is 0 Å². The largest absolute Gasteiger partial charge is 0.481 e.